The molecule has 2 aromatic rings. The lowest BCUT2D eigenvalue weighted by Gasteiger charge is -2.31. The van der Waals surface area contributed by atoms with E-state index in [2.05, 4.69) is 22.5 Å². The number of fused-ring (bicyclic) bond motifs is 4. The third kappa shape index (κ3) is 3.96. The van der Waals surface area contributed by atoms with E-state index in [0.29, 0.717) is 36.1 Å². The van der Waals surface area contributed by atoms with E-state index in [1.54, 1.807) is 0 Å². The summed E-state index contributed by atoms with van der Waals surface area (Å²) in [5, 5.41) is 2.47. The molecular weight excluding hydrogens is 464 g/mol. The molecule has 186 valence electrons. The van der Waals surface area contributed by atoms with Gasteiger partial charge in [0.2, 0.25) is 5.36 Å². The first-order valence-electron chi connectivity index (χ1n) is 12.4. The highest BCUT2D eigenvalue weighted by molar-refractivity contribution is 6.01. The molecule has 0 aliphatic carbocycles. The number of carbonyl (C=O) groups is 3. The number of likely N-dealkylation sites (N-methyl/N-ethyl adjacent to an activating group) is 1. The molecule has 4 heterocycles. The summed E-state index contributed by atoms with van der Waals surface area (Å²) in [5.74, 6) is 0.752. The zero-order valence-electron chi connectivity index (χ0n) is 20.1. The third-order valence-electron chi connectivity index (χ3n) is 7.00. The van der Waals surface area contributed by atoms with Crippen LogP contribution in [0.25, 0.3) is 0 Å². The van der Waals surface area contributed by atoms with E-state index in [1.807, 2.05) is 18.2 Å². The Bertz CT molecular complexity index is 1400. The van der Waals surface area contributed by atoms with Crippen LogP contribution in [0.1, 0.15) is 38.2 Å². The monoisotopic (exact) mass is 491 g/mol. The van der Waals surface area contributed by atoms with Gasteiger partial charge in [-0.2, -0.15) is 0 Å². The minimum absolute atomic E-state index is 0.0902. The van der Waals surface area contributed by atoms with Gasteiger partial charge in [-0.05, 0) is 13.0 Å². The van der Waals surface area contributed by atoms with Crippen LogP contribution in [0.3, 0.4) is 0 Å². The van der Waals surface area contributed by atoms with Gasteiger partial charge in [-0.3, -0.25) is 9.59 Å². The lowest BCUT2D eigenvalue weighted by Crippen LogP contribution is -2.33. The minimum Gasteiger partial charge on any atom is -0.489 e. The number of amides is 2. The Balaban J connectivity index is 1.20. The lowest BCUT2D eigenvalue weighted by atomic mass is 10.1. The van der Waals surface area contributed by atoms with Gasteiger partial charge in [-0.1, -0.05) is 0 Å². The van der Waals surface area contributed by atoms with Crippen LogP contribution < -0.4 is 29.7 Å². The van der Waals surface area contributed by atoms with Crippen molar-refractivity contribution in [2.45, 2.75) is 39.0 Å². The topological polar surface area (TPSA) is 101 Å². The van der Waals surface area contributed by atoms with Gasteiger partial charge in [0.1, 0.15) is 36.5 Å². The fourth-order valence-corrected chi connectivity index (χ4v) is 5.13. The van der Waals surface area contributed by atoms with Crippen LogP contribution in [-0.4, -0.2) is 55.6 Å². The number of anilines is 1. The molecule has 4 aliphatic heterocycles. The Morgan fingerprint density at radius 1 is 1.08 bits per heavy atom. The van der Waals surface area contributed by atoms with Crippen LogP contribution in [0.15, 0.2) is 29.3 Å². The van der Waals surface area contributed by atoms with Gasteiger partial charge in [-0.25, -0.2) is 14.4 Å². The third-order valence-corrected chi connectivity index (χ3v) is 7.00. The summed E-state index contributed by atoms with van der Waals surface area (Å²) in [6, 6.07) is 8.06. The molecule has 4 aliphatic rings. The van der Waals surface area contributed by atoms with Crippen LogP contribution in [0.5, 0.6) is 17.2 Å². The first-order valence-corrected chi connectivity index (χ1v) is 12.4. The highest BCUT2D eigenvalue weighted by Gasteiger charge is 2.33. The van der Waals surface area contributed by atoms with Gasteiger partial charge < -0.3 is 19.2 Å². The summed E-state index contributed by atoms with van der Waals surface area (Å²) in [6.45, 7) is 5.99. The second-order valence-electron chi connectivity index (χ2n) is 9.26. The Kier molecular flexibility index (Phi) is 5.58. The molecule has 10 heteroatoms. The summed E-state index contributed by atoms with van der Waals surface area (Å²) in [4.78, 5) is 47.5. The number of carbonyl (C=O) groups excluding carboxylic acids is 3. The van der Waals surface area contributed by atoms with Crippen molar-refractivity contribution < 1.29 is 28.7 Å². The number of benzene rings is 2. The molecule has 0 unspecified atom stereocenters. The summed E-state index contributed by atoms with van der Waals surface area (Å²) in [7, 11) is 0. The largest absolute Gasteiger partial charge is 0.489 e. The number of hydrogen-bond acceptors (Lipinski definition) is 8. The van der Waals surface area contributed by atoms with Crippen molar-refractivity contribution in [2.75, 3.05) is 37.7 Å². The zero-order valence-corrected chi connectivity index (χ0v) is 20.1. The van der Waals surface area contributed by atoms with Crippen molar-refractivity contribution in [3.8, 4) is 17.2 Å². The summed E-state index contributed by atoms with van der Waals surface area (Å²) in [6.07, 6.45) is 1.72. The van der Waals surface area contributed by atoms with E-state index < -0.39 is 17.8 Å². The fourth-order valence-electron chi connectivity index (χ4n) is 5.13. The predicted molar refractivity (Wildman–Crippen MR) is 128 cm³/mol. The molecule has 6 rings (SSSR count). The predicted octanol–water partition coefficient (Wildman–Crippen LogP) is 1.40. The van der Waals surface area contributed by atoms with E-state index in [4.69, 9.17) is 19.3 Å². The molecule has 0 N–H and O–H groups in total. The van der Waals surface area contributed by atoms with Crippen LogP contribution in [-0.2, 0) is 25.6 Å². The second kappa shape index (κ2) is 8.92. The summed E-state index contributed by atoms with van der Waals surface area (Å²) >= 11 is 0. The maximum atomic E-state index is 12.1. The first-order chi connectivity index (χ1) is 17.5. The van der Waals surface area contributed by atoms with Crippen LogP contribution in [0, 0.1) is 0 Å². The second-order valence-corrected chi connectivity index (χ2v) is 9.26. The zero-order chi connectivity index (χ0) is 24.8. The van der Waals surface area contributed by atoms with E-state index in [-0.39, 0.29) is 19.3 Å². The Morgan fingerprint density at radius 2 is 1.92 bits per heavy atom. The first kappa shape index (κ1) is 22.5. The van der Waals surface area contributed by atoms with Crippen molar-refractivity contribution in [2.24, 2.45) is 4.99 Å². The highest BCUT2D eigenvalue weighted by Crippen LogP contribution is 2.44. The number of nitrogens with zero attached hydrogens (tertiary/aromatic N) is 4. The molecule has 0 spiro atoms. The SMILES string of the molecule is CCN1CCOc2cc3c(cc21)Oc1cc2c(cc1=N3)CC[N+]=2CCCC(=O)ON1C(=O)CCC1=O. The molecule has 2 amide bonds. The van der Waals surface area contributed by atoms with Crippen LogP contribution in [0.4, 0.5) is 11.4 Å². The van der Waals surface area contributed by atoms with Gasteiger partial charge in [-0.15, -0.1) is 5.06 Å². The lowest BCUT2D eigenvalue weighted by molar-refractivity contribution is -0.197. The molecule has 0 bridgehead atoms. The fraction of sp³-hybridized carbons (Fsp3) is 0.423. The van der Waals surface area contributed by atoms with E-state index in [1.165, 1.54) is 5.56 Å². The molecule has 2 aromatic carbocycles. The summed E-state index contributed by atoms with van der Waals surface area (Å²) in [5.41, 5.74) is 2.97. The molecule has 10 nitrogen and oxygen atoms in total. The van der Waals surface area contributed by atoms with Gasteiger partial charge >= 0.3 is 5.97 Å². The van der Waals surface area contributed by atoms with Gasteiger partial charge in [0.25, 0.3) is 11.8 Å². The van der Waals surface area contributed by atoms with E-state index in [9.17, 15) is 14.4 Å². The maximum Gasteiger partial charge on any atom is 0.333 e. The molecule has 0 atom stereocenters. The molecule has 0 radical (unpaired) electrons. The number of ether oxygens (including phenoxy) is 2. The number of imide groups is 1. The van der Waals surface area contributed by atoms with Crippen LogP contribution >= 0.6 is 0 Å². The van der Waals surface area contributed by atoms with Crippen molar-refractivity contribution in [1.29, 1.82) is 0 Å². The number of hydroxylamine groups is 2. The van der Waals surface area contributed by atoms with Gasteiger partial charge in [0.05, 0.1) is 24.7 Å². The average molecular weight is 492 g/mol. The molecular formula is C26H27N4O6+. The Hall–Kier alpha value is -3.95. The maximum absolute atomic E-state index is 12.1. The molecule has 0 aromatic heterocycles. The molecule has 0 saturated carbocycles. The van der Waals surface area contributed by atoms with E-state index >= 15 is 0 Å². The van der Waals surface area contributed by atoms with Crippen molar-refractivity contribution in [3.05, 3.63) is 40.5 Å². The van der Waals surface area contributed by atoms with Gasteiger partial charge in [0.15, 0.2) is 11.5 Å². The van der Waals surface area contributed by atoms with Crippen molar-refractivity contribution in [3.63, 3.8) is 0 Å². The average Bonchev–Trinajstić information content (AvgIpc) is 3.41. The normalized spacial score (nSPS) is 17.5. The summed E-state index contributed by atoms with van der Waals surface area (Å²) < 4.78 is 14.4. The number of rotatable bonds is 6. The molecule has 36 heavy (non-hydrogen) atoms. The van der Waals surface area contributed by atoms with Crippen molar-refractivity contribution >= 4 is 29.2 Å². The number of hydrogen-bond donors (Lipinski definition) is 0. The molecule has 1 saturated heterocycles. The standard InChI is InChI=1S/C26H27N4O6/c1-2-28-10-11-34-23-13-18-22(15-20(23)28)35-21-14-19-16(12-17(21)27-18)7-9-29(19)8-3-4-26(33)36-30-24(31)5-6-25(30)32/h12-15H,2-11H2,1H3/q+1. The molecule has 1 fully saturated rings. The Morgan fingerprint density at radius 3 is 2.72 bits per heavy atom. The quantitative estimate of drug-likeness (QED) is 0.380. The van der Waals surface area contributed by atoms with Crippen LogP contribution in [0.2, 0.25) is 0 Å². The minimum atomic E-state index is -0.573. The van der Waals surface area contributed by atoms with Crippen molar-refractivity contribution in [1.82, 2.24) is 9.64 Å². The van der Waals surface area contributed by atoms with E-state index in [0.717, 1.165) is 53.9 Å². The van der Waals surface area contributed by atoms with Gasteiger partial charge in [0, 0.05) is 49.9 Å². The smallest absolute Gasteiger partial charge is 0.333 e. The Labute approximate surface area is 207 Å². The highest BCUT2D eigenvalue weighted by atomic mass is 16.7.